The molecule has 7 rings (SSSR count). The number of nitrogens with one attached hydrogen (secondary N) is 3. The molecule has 0 spiro atoms. The van der Waals surface area contributed by atoms with Crippen LogP contribution in [0.2, 0.25) is 5.02 Å². The standard InChI is InChI=1S/C30H39ClN6O/c31-26-4-2-1-3-21(26)15-33-29-34-16-24(14-32)28(37-29)35-18-30-11-20-9-22(12-30)27(23(10-20)13-30)36-25-7-5-19(17-38)6-8-25/h1-4,16,19-20,22-23,25,27,36,38H,5-13,15,17-18H2,(H2,33,34,35,37)/t19?,20?,22-,23+,25?,27-,30-. The van der Waals surface area contributed by atoms with Crippen LogP contribution in [-0.4, -0.2) is 40.3 Å². The van der Waals surface area contributed by atoms with E-state index in [9.17, 15) is 10.4 Å². The first-order chi connectivity index (χ1) is 18.5. The second-order valence-corrected chi connectivity index (χ2v) is 12.8. The molecule has 0 aliphatic heterocycles. The number of aromatic nitrogens is 2. The fraction of sp³-hybridized carbons (Fsp3) is 0.633. The summed E-state index contributed by atoms with van der Waals surface area (Å²) in [6.07, 6.45) is 12.8. The Morgan fingerprint density at radius 2 is 1.82 bits per heavy atom. The Bertz CT molecular complexity index is 1160. The van der Waals surface area contributed by atoms with Crippen molar-refractivity contribution >= 4 is 23.4 Å². The predicted octanol–water partition coefficient (Wildman–Crippen LogP) is 5.36. The van der Waals surface area contributed by atoms with E-state index in [4.69, 9.17) is 11.6 Å². The first kappa shape index (κ1) is 25.9. The maximum atomic E-state index is 9.71. The number of aliphatic hydroxyl groups excluding tert-OH is 1. The molecule has 0 saturated heterocycles. The molecule has 4 N–H and O–H groups in total. The molecule has 5 fully saturated rings. The third-order valence-corrected chi connectivity index (χ3v) is 10.2. The van der Waals surface area contributed by atoms with E-state index in [1.54, 1.807) is 6.20 Å². The molecule has 1 heterocycles. The summed E-state index contributed by atoms with van der Waals surface area (Å²) in [5.74, 6) is 3.94. The average molecular weight is 535 g/mol. The number of anilines is 2. The van der Waals surface area contributed by atoms with Crippen LogP contribution in [0.3, 0.4) is 0 Å². The number of halogens is 1. The molecular weight excluding hydrogens is 496 g/mol. The summed E-state index contributed by atoms with van der Waals surface area (Å²) in [6.45, 7) is 1.73. The Balaban J connectivity index is 1.09. The van der Waals surface area contributed by atoms with Crippen molar-refractivity contribution < 1.29 is 5.11 Å². The molecule has 1 aromatic carbocycles. The third-order valence-electron chi connectivity index (χ3n) is 9.87. The quantitative estimate of drug-likeness (QED) is 0.343. The van der Waals surface area contributed by atoms with Crippen molar-refractivity contribution in [2.45, 2.75) is 76.4 Å². The zero-order valence-electron chi connectivity index (χ0n) is 22.0. The Morgan fingerprint density at radius 1 is 1.05 bits per heavy atom. The topological polar surface area (TPSA) is 106 Å². The van der Waals surface area contributed by atoms with Gasteiger partial charge in [-0.2, -0.15) is 10.2 Å². The zero-order chi connectivity index (χ0) is 26.1. The van der Waals surface area contributed by atoms with E-state index in [1.807, 2.05) is 24.3 Å². The van der Waals surface area contributed by atoms with Crippen molar-refractivity contribution in [1.29, 1.82) is 5.26 Å². The summed E-state index contributed by atoms with van der Waals surface area (Å²) in [5.41, 5.74) is 1.75. The number of nitrogens with zero attached hydrogens (tertiary/aromatic N) is 3. The average Bonchev–Trinajstić information content (AvgIpc) is 2.93. The van der Waals surface area contributed by atoms with Gasteiger partial charge in [0.25, 0.3) is 0 Å². The minimum absolute atomic E-state index is 0.284. The van der Waals surface area contributed by atoms with Crippen molar-refractivity contribution in [3.8, 4) is 6.07 Å². The van der Waals surface area contributed by atoms with Gasteiger partial charge in [0, 0.05) is 36.8 Å². The Labute approximate surface area is 230 Å². The minimum atomic E-state index is 0.284. The smallest absolute Gasteiger partial charge is 0.224 e. The van der Waals surface area contributed by atoms with Crippen molar-refractivity contribution in [2.75, 3.05) is 23.8 Å². The number of rotatable bonds is 9. The molecule has 202 valence electrons. The number of benzene rings is 1. The van der Waals surface area contributed by atoms with Crippen molar-refractivity contribution in [3.63, 3.8) is 0 Å². The van der Waals surface area contributed by atoms with Gasteiger partial charge in [-0.1, -0.05) is 29.8 Å². The zero-order valence-corrected chi connectivity index (χ0v) is 22.8. The van der Waals surface area contributed by atoms with Gasteiger partial charge >= 0.3 is 0 Å². The number of hydrogen-bond donors (Lipinski definition) is 4. The van der Waals surface area contributed by atoms with E-state index in [0.717, 1.165) is 42.7 Å². The molecule has 8 heteroatoms. The van der Waals surface area contributed by atoms with Gasteiger partial charge in [-0.3, -0.25) is 0 Å². The lowest BCUT2D eigenvalue weighted by Crippen LogP contribution is -2.61. The third kappa shape index (κ3) is 5.36. The van der Waals surface area contributed by atoms with Crippen molar-refractivity contribution in [1.82, 2.24) is 15.3 Å². The predicted molar refractivity (Wildman–Crippen MR) is 150 cm³/mol. The normalized spacial score (nSPS) is 33.6. The summed E-state index contributed by atoms with van der Waals surface area (Å²) in [4.78, 5) is 9.04. The molecule has 0 amide bonds. The molecule has 5 aliphatic carbocycles. The van der Waals surface area contributed by atoms with Crippen LogP contribution in [0.25, 0.3) is 0 Å². The fourth-order valence-electron chi connectivity index (χ4n) is 8.24. The van der Waals surface area contributed by atoms with Crippen LogP contribution in [0.1, 0.15) is 68.9 Å². The fourth-order valence-corrected chi connectivity index (χ4v) is 8.44. The van der Waals surface area contributed by atoms with Crippen LogP contribution < -0.4 is 16.0 Å². The summed E-state index contributed by atoms with van der Waals surface area (Å²) < 4.78 is 0. The van der Waals surface area contributed by atoms with Gasteiger partial charge in [-0.05, 0) is 98.5 Å². The van der Waals surface area contributed by atoms with E-state index >= 15 is 0 Å². The molecule has 38 heavy (non-hydrogen) atoms. The van der Waals surface area contributed by atoms with E-state index in [2.05, 4.69) is 32.0 Å². The summed E-state index contributed by atoms with van der Waals surface area (Å²) in [5, 5.41) is 30.9. The minimum Gasteiger partial charge on any atom is -0.396 e. The lowest BCUT2D eigenvalue weighted by Gasteiger charge is -2.61. The van der Waals surface area contributed by atoms with Crippen LogP contribution in [0.5, 0.6) is 0 Å². The molecule has 5 atom stereocenters. The van der Waals surface area contributed by atoms with Crippen LogP contribution in [0, 0.1) is 40.4 Å². The number of aliphatic hydroxyl groups is 1. The van der Waals surface area contributed by atoms with Crippen LogP contribution >= 0.6 is 11.6 Å². The Kier molecular flexibility index (Phi) is 7.48. The molecular formula is C30H39ClN6O. The molecule has 7 nitrogen and oxygen atoms in total. The second-order valence-electron chi connectivity index (χ2n) is 12.4. The van der Waals surface area contributed by atoms with E-state index < -0.39 is 0 Å². The maximum Gasteiger partial charge on any atom is 0.224 e. The molecule has 5 aliphatic rings. The van der Waals surface area contributed by atoms with Crippen LogP contribution in [0.4, 0.5) is 11.8 Å². The molecule has 1 unspecified atom stereocenters. The second kappa shape index (κ2) is 11.0. The van der Waals surface area contributed by atoms with E-state index in [0.29, 0.717) is 53.5 Å². The highest BCUT2D eigenvalue weighted by Crippen LogP contribution is 2.60. The van der Waals surface area contributed by atoms with Crippen molar-refractivity contribution in [3.05, 3.63) is 46.6 Å². The molecule has 2 aromatic rings. The number of nitriles is 1. The number of hydrogen-bond acceptors (Lipinski definition) is 7. The highest BCUT2D eigenvalue weighted by molar-refractivity contribution is 6.31. The van der Waals surface area contributed by atoms with Gasteiger partial charge in [-0.25, -0.2) is 4.98 Å². The van der Waals surface area contributed by atoms with Crippen molar-refractivity contribution in [2.24, 2.45) is 29.1 Å². The molecule has 0 radical (unpaired) electrons. The monoisotopic (exact) mass is 534 g/mol. The first-order valence-corrected chi connectivity index (χ1v) is 14.8. The van der Waals surface area contributed by atoms with Gasteiger partial charge in [0.2, 0.25) is 5.95 Å². The SMILES string of the molecule is N#Cc1cnc(NCc2ccccc2Cl)nc1NC[C@]12CC3C[C@H](C1)[C@@H](NC1CCC(CO)CC1)[C@@H](C3)C2. The summed E-state index contributed by atoms with van der Waals surface area (Å²) >= 11 is 6.30. The first-order valence-electron chi connectivity index (χ1n) is 14.4. The van der Waals surface area contributed by atoms with Gasteiger partial charge in [-0.15, -0.1) is 0 Å². The summed E-state index contributed by atoms with van der Waals surface area (Å²) in [7, 11) is 0. The maximum absolute atomic E-state index is 9.71. The van der Waals surface area contributed by atoms with Gasteiger partial charge < -0.3 is 21.1 Å². The molecule has 1 aromatic heterocycles. The molecule has 4 bridgehead atoms. The Hall–Kier alpha value is -2.40. The highest BCUT2D eigenvalue weighted by Gasteiger charge is 2.55. The van der Waals surface area contributed by atoms with E-state index in [1.165, 1.54) is 44.9 Å². The van der Waals surface area contributed by atoms with Gasteiger partial charge in [0.05, 0.1) is 6.20 Å². The Morgan fingerprint density at radius 3 is 2.53 bits per heavy atom. The largest absolute Gasteiger partial charge is 0.396 e. The highest BCUT2D eigenvalue weighted by atomic mass is 35.5. The lowest BCUT2D eigenvalue weighted by molar-refractivity contribution is -0.0733. The van der Waals surface area contributed by atoms with Gasteiger partial charge in [0.1, 0.15) is 17.5 Å². The van der Waals surface area contributed by atoms with E-state index in [-0.39, 0.29) is 5.41 Å². The summed E-state index contributed by atoms with van der Waals surface area (Å²) in [6, 6.07) is 11.3. The van der Waals surface area contributed by atoms with Gasteiger partial charge in [0.15, 0.2) is 0 Å². The van der Waals surface area contributed by atoms with Crippen LogP contribution in [-0.2, 0) is 6.54 Å². The van der Waals surface area contributed by atoms with Crippen LogP contribution in [0.15, 0.2) is 30.5 Å². The lowest BCUT2D eigenvalue weighted by atomic mass is 9.47. The molecule has 5 saturated carbocycles.